The molecule has 0 fully saturated rings. The van der Waals surface area contributed by atoms with Gasteiger partial charge in [0, 0.05) is 12.5 Å². The molecule has 0 spiro atoms. The van der Waals surface area contributed by atoms with Crippen molar-refractivity contribution in [1.82, 2.24) is 0 Å². The highest BCUT2D eigenvalue weighted by Gasteiger charge is 2.08. The molecule has 17 heavy (non-hydrogen) atoms. The number of benzene rings is 1. The molecule has 1 aromatic rings. The number of rotatable bonds is 6. The Kier molecular flexibility index (Phi) is 5.49. The van der Waals surface area contributed by atoms with Gasteiger partial charge in [0.15, 0.2) is 0 Å². The fourth-order valence-electron chi connectivity index (χ4n) is 1.63. The van der Waals surface area contributed by atoms with Crippen LogP contribution in [0.5, 0.6) is 5.75 Å². The molecule has 2 nitrogen and oxygen atoms in total. The summed E-state index contributed by atoms with van der Waals surface area (Å²) >= 11 is 0. The molecule has 0 amide bonds. The first-order valence-electron chi connectivity index (χ1n) is 6.44. The molecular formula is C15H24O2. The van der Waals surface area contributed by atoms with Gasteiger partial charge in [0.05, 0.1) is 6.61 Å². The molecule has 0 radical (unpaired) electrons. The van der Waals surface area contributed by atoms with Crippen LogP contribution < -0.4 is 4.74 Å². The van der Waals surface area contributed by atoms with E-state index in [1.165, 1.54) is 5.56 Å². The molecule has 0 aliphatic heterocycles. The van der Waals surface area contributed by atoms with Crippen LogP contribution in [0.15, 0.2) is 18.2 Å². The highest BCUT2D eigenvalue weighted by Crippen LogP contribution is 2.24. The molecule has 1 rings (SSSR count). The van der Waals surface area contributed by atoms with Crippen molar-refractivity contribution in [3.8, 4) is 5.75 Å². The van der Waals surface area contributed by atoms with Crippen LogP contribution in [0.4, 0.5) is 0 Å². The Balaban J connectivity index is 2.88. The Morgan fingerprint density at radius 3 is 2.41 bits per heavy atom. The van der Waals surface area contributed by atoms with Gasteiger partial charge >= 0.3 is 0 Å². The predicted octanol–water partition coefficient (Wildman–Crippen LogP) is 3.38. The minimum atomic E-state index is 0.169. The molecule has 1 unspecified atom stereocenters. The minimum absolute atomic E-state index is 0.169. The number of aliphatic hydroxyl groups excluding tert-OH is 1. The van der Waals surface area contributed by atoms with E-state index in [0.717, 1.165) is 24.3 Å². The SMILES string of the molecule is CCc1cc(OCC(C)C)cc(C(C)CO)c1. The van der Waals surface area contributed by atoms with Gasteiger partial charge in [0.25, 0.3) is 0 Å². The van der Waals surface area contributed by atoms with Gasteiger partial charge in [-0.2, -0.15) is 0 Å². The van der Waals surface area contributed by atoms with Crippen molar-refractivity contribution in [3.63, 3.8) is 0 Å². The fraction of sp³-hybridized carbons (Fsp3) is 0.600. The Morgan fingerprint density at radius 2 is 1.88 bits per heavy atom. The van der Waals surface area contributed by atoms with E-state index in [9.17, 15) is 5.11 Å². The Hall–Kier alpha value is -1.02. The van der Waals surface area contributed by atoms with Gasteiger partial charge in [-0.25, -0.2) is 0 Å². The second-order valence-corrected chi connectivity index (χ2v) is 5.05. The second kappa shape index (κ2) is 6.65. The van der Waals surface area contributed by atoms with E-state index in [4.69, 9.17) is 4.74 Å². The Bertz CT molecular complexity index is 345. The van der Waals surface area contributed by atoms with Crippen LogP contribution >= 0.6 is 0 Å². The molecule has 0 heterocycles. The summed E-state index contributed by atoms with van der Waals surface area (Å²) in [5.41, 5.74) is 2.42. The van der Waals surface area contributed by atoms with E-state index in [1.54, 1.807) is 0 Å². The molecule has 1 N–H and O–H groups in total. The van der Waals surface area contributed by atoms with Gasteiger partial charge < -0.3 is 9.84 Å². The van der Waals surface area contributed by atoms with Gasteiger partial charge in [0.1, 0.15) is 5.75 Å². The summed E-state index contributed by atoms with van der Waals surface area (Å²) in [5.74, 6) is 1.62. The lowest BCUT2D eigenvalue weighted by Crippen LogP contribution is -2.06. The maximum Gasteiger partial charge on any atom is 0.119 e. The zero-order valence-corrected chi connectivity index (χ0v) is 11.4. The van der Waals surface area contributed by atoms with Crippen molar-refractivity contribution in [1.29, 1.82) is 0 Å². The van der Waals surface area contributed by atoms with E-state index in [-0.39, 0.29) is 12.5 Å². The third-order valence-corrected chi connectivity index (χ3v) is 2.82. The smallest absolute Gasteiger partial charge is 0.119 e. The molecule has 0 bridgehead atoms. The molecule has 2 heteroatoms. The van der Waals surface area contributed by atoms with Crippen molar-refractivity contribution in [3.05, 3.63) is 29.3 Å². The quantitative estimate of drug-likeness (QED) is 0.820. The largest absolute Gasteiger partial charge is 0.493 e. The van der Waals surface area contributed by atoms with Crippen LogP contribution in [0.3, 0.4) is 0 Å². The topological polar surface area (TPSA) is 29.5 Å². The lowest BCUT2D eigenvalue weighted by molar-refractivity contribution is 0.265. The van der Waals surface area contributed by atoms with Crippen molar-refractivity contribution in [2.24, 2.45) is 5.92 Å². The second-order valence-electron chi connectivity index (χ2n) is 5.05. The standard InChI is InChI=1S/C15H24O2/c1-5-13-6-14(12(4)9-16)8-15(7-13)17-10-11(2)3/h6-8,11-12,16H,5,9-10H2,1-4H3. The van der Waals surface area contributed by atoms with Crippen molar-refractivity contribution < 1.29 is 9.84 Å². The van der Waals surface area contributed by atoms with Gasteiger partial charge in [-0.3, -0.25) is 0 Å². The molecule has 96 valence electrons. The summed E-state index contributed by atoms with van der Waals surface area (Å²) < 4.78 is 5.76. The molecule has 0 saturated heterocycles. The first kappa shape index (κ1) is 14.0. The molecular weight excluding hydrogens is 212 g/mol. The summed E-state index contributed by atoms with van der Waals surface area (Å²) in [4.78, 5) is 0. The Morgan fingerprint density at radius 1 is 1.18 bits per heavy atom. The summed E-state index contributed by atoms with van der Waals surface area (Å²) in [5, 5.41) is 9.22. The maximum absolute atomic E-state index is 9.22. The van der Waals surface area contributed by atoms with Crippen LogP contribution in [-0.4, -0.2) is 18.3 Å². The molecule has 0 aliphatic rings. The molecule has 1 aromatic carbocycles. The van der Waals surface area contributed by atoms with E-state index in [0.29, 0.717) is 5.92 Å². The normalized spacial score (nSPS) is 12.8. The zero-order chi connectivity index (χ0) is 12.8. The highest BCUT2D eigenvalue weighted by molar-refractivity contribution is 5.36. The van der Waals surface area contributed by atoms with E-state index in [2.05, 4.69) is 32.9 Å². The third kappa shape index (κ3) is 4.39. The summed E-state index contributed by atoms with van der Waals surface area (Å²) in [6.45, 7) is 9.36. The first-order valence-corrected chi connectivity index (χ1v) is 6.44. The number of aryl methyl sites for hydroxylation is 1. The summed E-state index contributed by atoms with van der Waals surface area (Å²) in [7, 11) is 0. The predicted molar refractivity (Wildman–Crippen MR) is 71.7 cm³/mol. The van der Waals surface area contributed by atoms with Crippen LogP contribution in [0.1, 0.15) is 44.7 Å². The van der Waals surface area contributed by atoms with Gasteiger partial charge in [-0.15, -0.1) is 0 Å². The molecule has 1 atom stereocenters. The maximum atomic E-state index is 9.22. The van der Waals surface area contributed by atoms with Crippen molar-refractivity contribution in [2.75, 3.05) is 13.2 Å². The Labute approximate surface area is 105 Å². The zero-order valence-electron chi connectivity index (χ0n) is 11.4. The average Bonchev–Trinajstić information content (AvgIpc) is 2.34. The fourth-order valence-corrected chi connectivity index (χ4v) is 1.63. The van der Waals surface area contributed by atoms with E-state index >= 15 is 0 Å². The summed E-state index contributed by atoms with van der Waals surface area (Å²) in [6.07, 6.45) is 0.990. The van der Waals surface area contributed by atoms with Crippen LogP contribution in [0, 0.1) is 5.92 Å². The first-order chi connectivity index (χ1) is 8.06. The number of hydrogen-bond acceptors (Lipinski definition) is 2. The van der Waals surface area contributed by atoms with Crippen molar-refractivity contribution >= 4 is 0 Å². The lowest BCUT2D eigenvalue weighted by atomic mass is 9.98. The molecule has 0 saturated carbocycles. The van der Waals surface area contributed by atoms with E-state index in [1.807, 2.05) is 13.0 Å². The number of aliphatic hydroxyl groups is 1. The number of hydrogen-bond donors (Lipinski definition) is 1. The molecule has 0 aliphatic carbocycles. The van der Waals surface area contributed by atoms with Gasteiger partial charge in [0.2, 0.25) is 0 Å². The van der Waals surface area contributed by atoms with Crippen molar-refractivity contribution in [2.45, 2.75) is 40.0 Å². The van der Waals surface area contributed by atoms with Gasteiger partial charge in [-0.05, 0) is 35.6 Å². The van der Waals surface area contributed by atoms with E-state index < -0.39 is 0 Å². The minimum Gasteiger partial charge on any atom is -0.493 e. The molecule has 0 aromatic heterocycles. The number of ether oxygens (including phenoxy) is 1. The average molecular weight is 236 g/mol. The third-order valence-electron chi connectivity index (χ3n) is 2.82. The monoisotopic (exact) mass is 236 g/mol. The van der Waals surface area contributed by atoms with Crippen LogP contribution in [0.25, 0.3) is 0 Å². The van der Waals surface area contributed by atoms with Crippen LogP contribution in [0.2, 0.25) is 0 Å². The highest BCUT2D eigenvalue weighted by atomic mass is 16.5. The van der Waals surface area contributed by atoms with Gasteiger partial charge in [-0.1, -0.05) is 33.8 Å². The lowest BCUT2D eigenvalue weighted by Gasteiger charge is -2.14. The van der Waals surface area contributed by atoms with Crippen LogP contribution in [-0.2, 0) is 6.42 Å². The summed E-state index contributed by atoms with van der Waals surface area (Å²) in [6, 6.07) is 6.29.